The van der Waals surface area contributed by atoms with Gasteiger partial charge in [0.25, 0.3) is 5.91 Å². The number of carboxylic acids is 1. The summed E-state index contributed by atoms with van der Waals surface area (Å²) in [4.78, 5) is 60.7. The molecule has 1 aromatic heterocycles. The monoisotopic (exact) mass is 1240 g/mol. The molecule has 89 heavy (non-hydrogen) atoms. The van der Waals surface area contributed by atoms with Crippen LogP contribution in [0.15, 0.2) is 94.4 Å². The minimum Gasteiger partial charge on any atom is -0.870 e. The first kappa shape index (κ1) is 80.2. The first-order valence-electron chi connectivity index (χ1n) is 32.9. The first-order chi connectivity index (χ1) is 41.6. The van der Waals surface area contributed by atoms with E-state index in [1.165, 1.54) is 234 Å². The molecule has 0 radical (unpaired) electrons. The second-order valence-electron chi connectivity index (χ2n) is 25.6. The number of aromatic carboxylic acids is 1. The van der Waals surface area contributed by atoms with Crippen LogP contribution in [0.2, 0.25) is 0 Å². The van der Waals surface area contributed by atoms with Crippen molar-refractivity contribution in [3.8, 4) is 0 Å². The number of methoxy groups -OCH3 is 2. The summed E-state index contributed by atoms with van der Waals surface area (Å²) < 4.78 is 13.5. The van der Waals surface area contributed by atoms with Gasteiger partial charge in [0.15, 0.2) is 0 Å². The fourth-order valence-electron chi connectivity index (χ4n) is 13.3. The Kier molecular flexibility index (Phi) is 40.1. The summed E-state index contributed by atoms with van der Waals surface area (Å²) in [5.74, 6) is -1.46. The Morgan fingerprint density at radius 1 is 0.506 bits per heavy atom. The maximum Gasteiger partial charge on any atom is 1.00 e. The predicted octanol–water partition coefficient (Wildman–Crippen LogP) is 12.2. The van der Waals surface area contributed by atoms with Gasteiger partial charge in [0.05, 0.1) is 30.9 Å². The Hall–Kier alpha value is -4.93. The first-order valence-corrected chi connectivity index (χ1v) is 32.9. The zero-order chi connectivity index (χ0) is 62.0. The largest absolute Gasteiger partial charge is 1.00 e. The van der Waals surface area contributed by atoms with Crippen molar-refractivity contribution in [1.82, 2.24) is 15.1 Å². The van der Waals surface area contributed by atoms with E-state index in [-0.39, 0.29) is 65.3 Å². The minimum absolute atomic E-state index is 0. The Bertz CT molecular complexity index is 2730. The molecule has 10 rings (SSSR count). The molecule has 1 heterocycles. The quantitative estimate of drug-likeness (QED) is 0.0725. The van der Waals surface area contributed by atoms with E-state index in [2.05, 4.69) is 82.8 Å². The second kappa shape index (κ2) is 44.5. The Morgan fingerprint density at radius 2 is 0.865 bits per heavy atom. The summed E-state index contributed by atoms with van der Waals surface area (Å²) in [5, 5.41) is 12.2. The second-order valence-corrected chi connectivity index (χ2v) is 25.6. The van der Waals surface area contributed by atoms with Gasteiger partial charge in [0.1, 0.15) is 6.26 Å². The molecule has 2 saturated carbocycles. The molecule has 0 saturated heterocycles. The molecule has 15 heteroatoms. The van der Waals surface area contributed by atoms with Crippen molar-refractivity contribution in [3.05, 3.63) is 151 Å². The van der Waals surface area contributed by atoms with Crippen LogP contribution in [0, 0.1) is 10.8 Å². The van der Waals surface area contributed by atoms with E-state index < -0.39 is 17.6 Å². The van der Waals surface area contributed by atoms with Crippen LogP contribution in [-0.4, -0.2) is 113 Å². The van der Waals surface area contributed by atoms with E-state index in [1.807, 2.05) is 30.3 Å². The number of carbonyl (C=O) groups excluding carboxylic acids is 3. The number of amides is 1. The summed E-state index contributed by atoms with van der Waals surface area (Å²) in [6.45, 7) is 3.91. The van der Waals surface area contributed by atoms with Crippen LogP contribution in [0.1, 0.15) is 249 Å². The summed E-state index contributed by atoms with van der Waals surface area (Å²) in [6, 6.07) is 20.4. The predicted molar refractivity (Wildman–Crippen MR) is 357 cm³/mol. The molecule has 490 valence electrons. The van der Waals surface area contributed by atoms with E-state index in [0.29, 0.717) is 16.5 Å². The number of ether oxygens (including phenoxy) is 2. The van der Waals surface area contributed by atoms with Crippen LogP contribution in [0.25, 0.3) is 0 Å². The number of rotatable bonds is 11. The molecule has 0 atom stereocenters. The molecule has 0 spiro atoms. The molecular weight excluding hydrogens is 1130 g/mol. The van der Waals surface area contributed by atoms with Gasteiger partial charge in [0.2, 0.25) is 0 Å². The van der Waals surface area contributed by atoms with Gasteiger partial charge in [-0.25, -0.2) is 19.2 Å². The van der Waals surface area contributed by atoms with Crippen molar-refractivity contribution >= 4 is 23.8 Å². The van der Waals surface area contributed by atoms with E-state index in [1.54, 1.807) is 6.07 Å². The van der Waals surface area contributed by atoms with Crippen molar-refractivity contribution in [2.24, 2.45) is 16.6 Å². The normalized spacial score (nSPS) is 17.1. The fourth-order valence-corrected chi connectivity index (χ4v) is 13.3. The average molecular weight is 1240 g/mol. The third kappa shape index (κ3) is 29.5. The summed E-state index contributed by atoms with van der Waals surface area (Å²) >= 11 is 0. The number of allylic oxidation sites excluding steroid dienone is 2. The number of nitrogens with one attached hydrogen (secondary N) is 1. The maximum absolute atomic E-state index is 12.7. The summed E-state index contributed by atoms with van der Waals surface area (Å²) in [5.41, 5.74) is 16.4. The molecule has 3 aromatic carbocycles. The molecule has 6 aliphatic carbocycles. The molecule has 2 fully saturated rings. The van der Waals surface area contributed by atoms with Crippen molar-refractivity contribution in [2.75, 3.05) is 68.6 Å². The van der Waals surface area contributed by atoms with Crippen molar-refractivity contribution in [3.63, 3.8) is 0 Å². The van der Waals surface area contributed by atoms with E-state index in [9.17, 15) is 24.0 Å². The van der Waals surface area contributed by atoms with E-state index in [4.69, 9.17) is 15.6 Å². The number of fused-ring (bicyclic) bond motifs is 3. The smallest absolute Gasteiger partial charge is 0.870 e. The standard InChI is InChI=1S/C22H34N2O.C14H18O2.C13H16O2.C9H20N2.C8H14.C7H6O4.CH4.Na.H2O/c1-24(2)17-22(13-7-8-14-22)16-23-21(25)20-12-11-18-9-5-3-4-6-10-19(18)15-20;1-16-14(15)13-9-8-11-6-4-2-3-5-7-12(11)10-13;14-13(15)12-8-7-10-5-3-1-2-4-6-11(10)9-12;1-11(2)8-9(7-10)5-3-4-6-9;1-2-4-6-8-7-5-3-1;1-10-7(9)5-2-3-6(8)11-4-5;;;/h11-12,15H,3-10,13-14,16-17H2,1-2H3,(H,23,25);8-10H,2-7H2,1H3;7-9H,1-6H2,(H,14,15);3-8,10H2,1-2H3;1-2H,3-8H2;2-4H,1H3;1H4;;1H2/q;;;;;;;+1;/p-1. The zero-order valence-electron chi connectivity index (χ0n) is 55.2. The molecule has 6 aliphatic rings. The van der Waals surface area contributed by atoms with Gasteiger partial charge in [-0.15, -0.1) is 0 Å². The number of carbonyl (C=O) groups is 4. The molecule has 1 amide bonds. The van der Waals surface area contributed by atoms with Gasteiger partial charge in [0, 0.05) is 36.7 Å². The zero-order valence-corrected chi connectivity index (χ0v) is 57.2. The van der Waals surface area contributed by atoms with Crippen LogP contribution in [-0.2, 0) is 48.0 Å². The third-order valence-electron chi connectivity index (χ3n) is 17.9. The molecule has 4 aromatic rings. The van der Waals surface area contributed by atoms with Gasteiger partial charge in [-0.2, -0.15) is 0 Å². The topological polar surface area (TPSA) is 212 Å². The summed E-state index contributed by atoms with van der Waals surface area (Å²) in [6.07, 6.45) is 46.6. The molecule has 0 bridgehead atoms. The Morgan fingerprint density at radius 3 is 1.27 bits per heavy atom. The Balaban J connectivity index is 0.000000376. The summed E-state index contributed by atoms with van der Waals surface area (Å²) in [7, 11) is 11.2. The van der Waals surface area contributed by atoms with E-state index >= 15 is 0 Å². The van der Waals surface area contributed by atoms with Crippen LogP contribution < -0.4 is 46.2 Å². The molecule has 5 N–H and O–H groups in total. The van der Waals surface area contributed by atoms with Crippen LogP contribution in [0.4, 0.5) is 0 Å². The number of aryl methyl sites for hydroxylation is 6. The number of nitrogens with zero attached hydrogens (tertiary/aromatic N) is 2. The number of esters is 2. The van der Waals surface area contributed by atoms with Gasteiger partial charge >= 0.3 is 53.1 Å². The average Bonchev–Trinajstić information content (AvgIpc) is 4.33. The van der Waals surface area contributed by atoms with Gasteiger partial charge in [-0.3, -0.25) is 4.79 Å². The molecular formula is C74H113N4NaO10. The SMILES string of the molecule is C.C1=CCCCCCC1.CN(C)CC1(CN)CCCC1.CN(C)CC1(CNC(=O)c2ccc3c(c2)CCCCCC3)CCCC1.COC(=O)c1ccc(=O)oc1.COC(=O)c1ccc2c(c1)CCCCCC2.O=C(O)c1ccc2c(c1)CCCCCC2.[Na+].[OH-]. The number of nitrogens with two attached hydrogens (primary N) is 1. The van der Waals surface area contributed by atoms with Crippen LogP contribution in [0.5, 0.6) is 0 Å². The van der Waals surface area contributed by atoms with Gasteiger partial charge < -0.3 is 45.3 Å². The fraction of sp³-hybridized carbons (Fsp3) is 0.608. The Labute approximate surface area is 557 Å². The van der Waals surface area contributed by atoms with Crippen molar-refractivity contribution in [1.29, 1.82) is 0 Å². The number of hydrogen-bond acceptors (Lipinski definition) is 12. The maximum atomic E-state index is 12.7. The van der Waals surface area contributed by atoms with Crippen molar-refractivity contribution < 1.29 is 73.2 Å². The van der Waals surface area contributed by atoms with Gasteiger partial charge in [-0.1, -0.05) is 115 Å². The minimum atomic E-state index is -0.820. The number of benzene rings is 3. The molecule has 0 aliphatic heterocycles. The van der Waals surface area contributed by atoms with E-state index in [0.717, 1.165) is 69.6 Å². The molecule has 14 nitrogen and oxygen atoms in total. The van der Waals surface area contributed by atoms with Gasteiger partial charge in [-0.05, 0) is 244 Å². The number of carboxylic acid groups (broad SMARTS) is 1. The number of hydrogen-bond donors (Lipinski definition) is 3. The molecule has 0 unspecified atom stereocenters. The van der Waals surface area contributed by atoms with Crippen LogP contribution in [0.3, 0.4) is 0 Å². The third-order valence-corrected chi connectivity index (χ3v) is 17.9. The van der Waals surface area contributed by atoms with Crippen molar-refractivity contribution in [2.45, 2.75) is 213 Å². The van der Waals surface area contributed by atoms with Crippen LogP contribution >= 0.6 is 0 Å².